The van der Waals surface area contributed by atoms with Crippen molar-refractivity contribution < 1.29 is 52.2 Å². The molecule has 0 saturated heterocycles. The van der Waals surface area contributed by atoms with Gasteiger partial charge >= 0.3 is 25.7 Å². The van der Waals surface area contributed by atoms with E-state index in [0.717, 1.165) is 109 Å². The molecule has 0 spiro atoms. The van der Waals surface area contributed by atoms with Gasteiger partial charge in [-0.05, 0) is 83.5 Å². The molecule has 0 aliphatic rings. The minimum atomic E-state index is -4.74. The Balaban J connectivity index is 4.80. The fraction of sp³-hybridized carbons (Fsp3) is 0.759. The number of unbranched alkanes of at least 4 members (excludes halogenated alkanes) is 21. The van der Waals surface area contributed by atoms with Crippen molar-refractivity contribution in [2.45, 2.75) is 238 Å². The van der Waals surface area contributed by atoms with E-state index >= 15 is 0 Å². The van der Waals surface area contributed by atoms with Gasteiger partial charge in [0.2, 0.25) is 0 Å². The molecule has 0 aromatic rings. The van der Waals surface area contributed by atoms with Crippen molar-refractivity contribution in [3.8, 4) is 0 Å². The second-order valence-electron chi connectivity index (χ2n) is 17.3. The molecule has 3 atom stereocenters. The van der Waals surface area contributed by atoms with Gasteiger partial charge in [-0.15, -0.1) is 0 Å². The number of aliphatic hydroxyl groups is 1. The zero-order chi connectivity index (χ0) is 48.4. The summed E-state index contributed by atoms with van der Waals surface area (Å²) in [5.74, 6) is -1.50. The Hall–Kier alpha value is -2.82. The first-order chi connectivity index (χ1) is 32.2. The number of carbonyl (C=O) groups is 3. The van der Waals surface area contributed by atoms with Crippen LogP contribution in [-0.2, 0) is 42.2 Å². The van der Waals surface area contributed by atoms with E-state index in [0.29, 0.717) is 19.3 Å². The highest BCUT2D eigenvalue weighted by molar-refractivity contribution is 7.47. The van der Waals surface area contributed by atoms with Crippen molar-refractivity contribution in [2.24, 2.45) is 0 Å². The number of allylic oxidation sites excluding steroid dienone is 10. The molecule has 0 saturated carbocycles. The van der Waals surface area contributed by atoms with E-state index in [-0.39, 0.29) is 25.9 Å². The second kappa shape index (κ2) is 48.6. The van der Waals surface area contributed by atoms with Crippen LogP contribution in [0.2, 0.25) is 0 Å². The van der Waals surface area contributed by atoms with Gasteiger partial charge in [0.15, 0.2) is 6.10 Å². The van der Waals surface area contributed by atoms with Gasteiger partial charge in [0.1, 0.15) is 12.7 Å². The van der Waals surface area contributed by atoms with Crippen LogP contribution < -0.4 is 0 Å². The number of hydrogen-bond donors (Lipinski definition) is 2. The Morgan fingerprint density at radius 3 is 1.24 bits per heavy atom. The number of hydrogen-bond acceptors (Lipinski definition) is 10. The van der Waals surface area contributed by atoms with Gasteiger partial charge in [0.05, 0.1) is 19.8 Å². The summed E-state index contributed by atoms with van der Waals surface area (Å²) in [5, 5.41) is 9.74. The number of ether oxygens (including phenoxy) is 3. The molecule has 3 unspecified atom stereocenters. The van der Waals surface area contributed by atoms with Crippen molar-refractivity contribution in [1.82, 2.24) is 0 Å². The van der Waals surface area contributed by atoms with Gasteiger partial charge < -0.3 is 24.2 Å². The van der Waals surface area contributed by atoms with Crippen LogP contribution in [0.4, 0.5) is 0 Å². The summed E-state index contributed by atoms with van der Waals surface area (Å²) >= 11 is 0. The maximum atomic E-state index is 12.8. The summed E-state index contributed by atoms with van der Waals surface area (Å²) in [4.78, 5) is 48.2. The average molecular weight is 951 g/mol. The second-order valence-corrected chi connectivity index (χ2v) is 18.8. The molecule has 66 heavy (non-hydrogen) atoms. The van der Waals surface area contributed by atoms with Crippen molar-refractivity contribution in [3.63, 3.8) is 0 Å². The molecule has 0 rings (SSSR count). The summed E-state index contributed by atoms with van der Waals surface area (Å²) in [6, 6.07) is 0. The van der Waals surface area contributed by atoms with Gasteiger partial charge in [-0.1, -0.05) is 184 Å². The van der Waals surface area contributed by atoms with Crippen LogP contribution in [0.1, 0.15) is 226 Å². The third kappa shape index (κ3) is 46.3. The van der Waals surface area contributed by atoms with Crippen molar-refractivity contribution in [2.75, 3.05) is 26.4 Å². The van der Waals surface area contributed by atoms with E-state index in [9.17, 15) is 28.9 Å². The summed E-state index contributed by atoms with van der Waals surface area (Å²) in [5.41, 5.74) is 0. The van der Waals surface area contributed by atoms with Crippen molar-refractivity contribution in [1.29, 1.82) is 0 Å². The zero-order valence-corrected chi connectivity index (χ0v) is 42.8. The molecule has 2 N–H and O–H groups in total. The molecule has 0 aliphatic carbocycles. The fourth-order valence-corrected chi connectivity index (χ4v) is 7.71. The first-order valence-electron chi connectivity index (χ1n) is 26.2. The maximum Gasteiger partial charge on any atom is 0.472 e. The van der Waals surface area contributed by atoms with Crippen LogP contribution in [0.25, 0.3) is 0 Å². The largest absolute Gasteiger partial charge is 0.472 e. The molecule has 382 valence electrons. The van der Waals surface area contributed by atoms with Gasteiger partial charge in [-0.2, -0.15) is 0 Å². The SMILES string of the molecule is CC/C=C\C/C=C\C/C=C\C/C=C\CCCCCCC(=O)OC(COC(=O)CCCCCCC/C=C\CCCCCC)COP(=O)(O)OCC(CO)OC(=O)CCCCCCCCCCC. The molecule has 0 amide bonds. The van der Waals surface area contributed by atoms with E-state index in [2.05, 4.69) is 81.5 Å². The average Bonchev–Trinajstić information content (AvgIpc) is 3.30. The number of esters is 3. The summed E-state index contributed by atoms with van der Waals surface area (Å²) in [6.07, 6.45) is 50.5. The monoisotopic (exact) mass is 951 g/mol. The van der Waals surface area contributed by atoms with Gasteiger partial charge in [0.25, 0.3) is 0 Å². The minimum Gasteiger partial charge on any atom is -0.462 e. The number of aliphatic hydroxyl groups excluding tert-OH is 1. The van der Waals surface area contributed by atoms with Crippen LogP contribution in [0, 0.1) is 0 Å². The van der Waals surface area contributed by atoms with Crippen LogP contribution in [0.15, 0.2) is 60.8 Å². The molecule has 11 nitrogen and oxygen atoms in total. The minimum absolute atomic E-state index is 0.138. The van der Waals surface area contributed by atoms with E-state index in [1.54, 1.807) is 0 Å². The third-order valence-corrected chi connectivity index (χ3v) is 11.9. The Kier molecular flexibility index (Phi) is 46.6. The molecule has 0 aliphatic heterocycles. The molecular formula is C54H95O11P. The van der Waals surface area contributed by atoms with Gasteiger partial charge in [-0.3, -0.25) is 23.4 Å². The topological polar surface area (TPSA) is 155 Å². The molecule has 0 fully saturated rings. The highest BCUT2D eigenvalue weighted by Crippen LogP contribution is 2.43. The molecule has 0 heterocycles. The highest BCUT2D eigenvalue weighted by Gasteiger charge is 2.28. The van der Waals surface area contributed by atoms with Crippen LogP contribution >= 0.6 is 7.82 Å². The first-order valence-corrected chi connectivity index (χ1v) is 27.7. The predicted octanol–water partition coefficient (Wildman–Crippen LogP) is 14.8. The summed E-state index contributed by atoms with van der Waals surface area (Å²) < 4.78 is 39.3. The Morgan fingerprint density at radius 1 is 0.439 bits per heavy atom. The molecule has 12 heteroatoms. The number of carbonyl (C=O) groups excluding carboxylic acids is 3. The number of phosphoric ester groups is 1. The standard InChI is InChI=1S/C54H95O11P/c1-4-7-10-13-16-19-21-23-24-25-26-28-30-33-36-39-42-45-54(58)65-51(47-61-52(56)43-40-37-34-32-29-27-22-20-17-14-11-8-5-2)49-63-66(59,60)62-48-50(46-55)64-53(57)44-41-38-35-31-18-15-12-9-6-3/h7,10,16,19-20,22-24,26,28,50-51,55H,4-6,8-9,11-15,17-18,21,25,27,29-49H2,1-3H3,(H,59,60)/b10-7-,19-16-,22-20-,24-23-,28-26-. The smallest absolute Gasteiger partial charge is 0.462 e. The maximum absolute atomic E-state index is 12.8. The van der Waals surface area contributed by atoms with E-state index in [1.807, 2.05) is 0 Å². The predicted molar refractivity (Wildman–Crippen MR) is 270 cm³/mol. The highest BCUT2D eigenvalue weighted by atomic mass is 31.2. The molecule has 0 radical (unpaired) electrons. The molecular weight excluding hydrogens is 856 g/mol. The number of phosphoric acid groups is 1. The normalized spacial score (nSPS) is 14.0. The lowest BCUT2D eigenvalue weighted by Crippen LogP contribution is -2.30. The molecule has 0 aromatic heterocycles. The van der Waals surface area contributed by atoms with Crippen LogP contribution in [0.5, 0.6) is 0 Å². The van der Waals surface area contributed by atoms with Crippen molar-refractivity contribution in [3.05, 3.63) is 60.8 Å². The third-order valence-electron chi connectivity index (χ3n) is 10.9. The molecule has 0 bridgehead atoms. The fourth-order valence-electron chi connectivity index (χ4n) is 6.93. The summed E-state index contributed by atoms with van der Waals surface area (Å²) in [6.45, 7) is 4.44. The van der Waals surface area contributed by atoms with Crippen LogP contribution in [0.3, 0.4) is 0 Å². The zero-order valence-electron chi connectivity index (χ0n) is 41.9. The van der Waals surface area contributed by atoms with Crippen molar-refractivity contribution >= 4 is 25.7 Å². The van der Waals surface area contributed by atoms with E-state index in [4.69, 9.17) is 23.3 Å². The van der Waals surface area contributed by atoms with E-state index < -0.39 is 57.8 Å². The van der Waals surface area contributed by atoms with E-state index in [1.165, 1.54) is 57.8 Å². The quantitative estimate of drug-likeness (QED) is 0.0197. The summed E-state index contributed by atoms with van der Waals surface area (Å²) in [7, 11) is -4.74. The van der Waals surface area contributed by atoms with Gasteiger partial charge in [0, 0.05) is 19.3 Å². The Morgan fingerprint density at radius 2 is 0.788 bits per heavy atom. The van der Waals surface area contributed by atoms with Gasteiger partial charge in [-0.25, -0.2) is 4.57 Å². The number of rotatable bonds is 48. The Labute approximate surface area is 402 Å². The lowest BCUT2D eigenvalue weighted by atomic mass is 10.1. The molecule has 0 aromatic carbocycles. The first kappa shape index (κ1) is 63.2. The lowest BCUT2D eigenvalue weighted by Gasteiger charge is -2.21. The lowest BCUT2D eigenvalue weighted by molar-refractivity contribution is -0.161. The van der Waals surface area contributed by atoms with Crippen LogP contribution in [-0.4, -0.2) is 66.5 Å². The Bertz CT molecular complexity index is 1340.